The highest BCUT2D eigenvalue weighted by Crippen LogP contribution is 2.23. The largest absolute Gasteiger partial charge is 0.383 e. The molecule has 0 amide bonds. The second kappa shape index (κ2) is 2.58. The summed E-state index contributed by atoms with van der Waals surface area (Å²) in [6.07, 6.45) is 3.38. The maximum atomic E-state index is 5.67. The zero-order valence-corrected chi connectivity index (χ0v) is 7.33. The van der Waals surface area contributed by atoms with Gasteiger partial charge < -0.3 is 5.73 Å². The molecule has 0 unspecified atom stereocenters. The third kappa shape index (κ3) is 1.07. The van der Waals surface area contributed by atoms with Crippen molar-refractivity contribution in [3.8, 4) is 0 Å². The Morgan fingerprint density at radius 2 is 2.31 bits per heavy atom. The number of H-pyrrole nitrogens is 1. The van der Waals surface area contributed by atoms with E-state index in [2.05, 4.69) is 21.8 Å². The van der Waals surface area contributed by atoms with Crippen molar-refractivity contribution in [2.24, 2.45) is 0 Å². The fourth-order valence-corrected chi connectivity index (χ4v) is 1.28. The first kappa shape index (κ1) is 7.79. The second-order valence-corrected chi connectivity index (χ2v) is 3.00. The van der Waals surface area contributed by atoms with Crippen molar-refractivity contribution in [3.05, 3.63) is 24.5 Å². The second-order valence-electron chi connectivity index (χ2n) is 3.00. The third-order valence-electron chi connectivity index (χ3n) is 1.98. The van der Waals surface area contributed by atoms with Crippen LogP contribution in [0.2, 0.25) is 0 Å². The molecule has 2 aromatic rings. The zero-order valence-electron chi connectivity index (χ0n) is 7.33. The van der Waals surface area contributed by atoms with E-state index in [9.17, 15) is 0 Å². The van der Waals surface area contributed by atoms with Gasteiger partial charge in [-0.05, 0) is 12.5 Å². The van der Waals surface area contributed by atoms with Gasteiger partial charge in [-0.3, -0.25) is 5.10 Å². The third-order valence-corrected chi connectivity index (χ3v) is 1.98. The number of hydrogen-bond donors (Lipinski definition) is 2. The average molecular weight is 174 g/mol. The van der Waals surface area contributed by atoms with Crippen molar-refractivity contribution in [3.63, 3.8) is 0 Å². The minimum Gasteiger partial charge on any atom is -0.383 e. The van der Waals surface area contributed by atoms with Gasteiger partial charge in [0.2, 0.25) is 0 Å². The summed E-state index contributed by atoms with van der Waals surface area (Å²) in [5.41, 5.74) is 8.48. The van der Waals surface area contributed by atoms with E-state index in [4.69, 9.17) is 5.73 Å². The molecular formula is C9H10N4. The molecule has 4 nitrogen and oxygen atoms in total. The highest BCUT2D eigenvalue weighted by atomic mass is 15.1. The number of hydrogen-bond acceptors (Lipinski definition) is 3. The SMILES string of the molecule is C=C(C)c1cnc(N)c2cn[nH]c12. The lowest BCUT2D eigenvalue weighted by atomic mass is 10.1. The van der Waals surface area contributed by atoms with Crippen LogP contribution < -0.4 is 5.73 Å². The molecule has 0 aliphatic rings. The quantitative estimate of drug-likeness (QED) is 0.689. The van der Waals surface area contributed by atoms with Crippen molar-refractivity contribution in [2.45, 2.75) is 6.92 Å². The molecule has 2 rings (SSSR count). The minimum absolute atomic E-state index is 0.494. The molecule has 0 bridgehead atoms. The molecule has 0 saturated carbocycles. The molecule has 2 aromatic heterocycles. The smallest absolute Gasteiger partial charge is 0.134 e. The number of rotatable bonds is 1. The van der Waals surface area contributed by atoms with Crippen molar-refractivity contribution in [1.29, 1.82) is 0 Å². The molecule has 66 valence electrons. The van der Waals surface area contributed by atoms with Crippen LogP contribution in [0.25, 0.3) is 16.5 Å². The predicted molar refractivity (Wildman–Crippen MR) is 53.0 cm³/mol. The lowest BCUT2D eigenvalue weighted by Gasteiger charge is -2.01. The number of nitrogen functional groups attached to an aromatic ring is 1. The van der Waals surface area contributed by atoms with Gasteiger partial charge in [-0.1, -0.05) is 6.58 Å². The summed E-state index contributed by atoms with van der Waals surface area (Å²) in [6, 6.07) is 0. The van der Waals surface area contributed by atoms with Crippen LogP contribution in [-0.2, 0) is 0 Å². The minimum atomic E-state index is 0.494. The van der Waals surface area contributed by atoms with Crippen LogP contribution in [0.4, 0.5) is 5.82 Å². The van der Waals surface area contributed by atoms with E-state index in [0.717, 1.165) is 22.0 Å². The summed E-state index contributed by atoms with van der Waals surface area (Å²) in [4.78, 5) is 4.06. The number of nitrogens with two attached hydrogens (primary N) is 1. The normalized spacial score (nSPS) is 10.5. The van der Waals surface area contributed by atoms with Gasteiger partial charge in [0.05, 0.1) is 17.1 Å². The van der Waals surface area contributed by atoms with Crippen molar-refractivity contribution in [2.75, 3.05) is 5.73 Å². The van der Waals surface area contributed by atoms with Gasteiger partial charge in [0, 0.05) is 11.8 Å². The van der Waals surface area contributed by atoms with E-state index in [1.807, 2.05) is 6.92 Å². The van der Waals surface area contributed by atoms with E-state index in [1.165, 1.54) is 0 Å². The van der Waals surface area contributed by atoms with E-state index in [0.29, 0.717) is 5.82 Å². The van der Waals surface area contributed by atoms with Crippen LogP contribution >= 0.6 is 0 Å². The van der Waals surface area contributed by atoms with E-state index < -0.39 is 0 Å². The van der Waals surface area contributed by atoms with Crippen molar-refractivity contribution >= 4 is 22.3 Å². The van der Waals surface area contributed by atoms with Gasteiger partial charge in [-0.25, -0.2) is 4.98 Å². The molecule has 0 spiro atoms. The highest BCUT2D eigenvalue weighted by molar-refractivity contribution is 5.95. The van der Waals surface area contributed by atoms with E-state index in [1.54, 1.807) is 12.4 Å². The Kier molecular flexibility index (Phi) is 1.55. The molecule has 13 heavy (non-hydrogen) atoms. The van der Waals surface area contributed by atoms with Crippen LogP contribution in [-0.4, -0.2) is 15.2 Å². The van der Waals surface area contributed by atoms with Crippen LogP contribution in [0.5, 0.6) is 0 Å². The van der Waals surface area contributed by atoms with Gasteiger partial charge in [0.15, 0.2) is 0 Å². The topological polar surface area (TPSA) is 67.6 Å². The summed E-state index contributed by atoms with van der Waals surface area (Å²) in [6.45, 7) is 5.78. The molecule has 0 aliphatic heterocycles. The van der Waals surface area contributed by atoms with Crippen LogP contribution in [0, 0.1) is 0 Å². The summed E-state index contributed by atoms with van der Waals surface area (Å²) in [5.74, 6) is 0.494. The number of pyridine rings is 1. The number of fused-ring (bicyclic) bond motifs is 1. The molecular weight excluding hydrogens is 164 g/mol. The number of aromatic amines is 1. The van der Waals surface area contributed by atoms with Crippen LogP contribution in [0.15, 0.2) is 19.0 Å². The summed E-state index contributed by atoms with van der Waals surface area (Å²) < 4.78 is 0. The van der Waals surface area contributed by atoms with Gasteiger partial charge in [-0.2, -0.15) is 5.10 Å². The summed E-state index contributed by atoms with van der Waals surface area (Å²) in [7, 11) is 0. The Morgan fingerprint density at radius 3 is 3.00 bits per heavy atom. The Labute approximate surface area is 75.5 Å². The highest BCUT2D eigenvalue weighted by Gasteiger charge is 2.06. The van der Waals surface area contributed by atoms with E-state index in [-0.39, 0.29) is 0 Å². The molecule has 0 saturated heterocycles. The first-order valence-electron chi connectivity index (χ1n) is 3.93. The molecule has 0 atom stereocenters. The molecule has 3 N–H and O–H groups in total. The number of nitrogens with zero attached hydrogens (tertiary/aromatic N) is 2. The Bertz CT molecular complexity index is 469. The molecule has 0 aliphatic carbocycles. The lowest BCUT2D eigenvalue weighted by Crippen LogP contribution is -1.92. The lowest BCUT2D eigenvalue weighted by molar-refractivity contribution is 1.12. The number of nitrogens with one attached hydrogen (secondary N) is 1. The number of allylic oxidation sites excluding steroid dienone is 1. The fraction of sp³-hybridized carbons (Fsp3) is 0.111. The number of aromatic nitrogens is 3. The Hall–Kier alpha value is -1.84. The maximum absolute atomic E-state index is 5.67. The molecule has 2 heterocycles. The van der Waals surface area contributed by atoms with Gasteiger partial charge in [0.1, 0.15) is 5.82 Å². The fourth-order valence-electron chi connectivity index (χ4n) is 1.28. The number of anilines is 1. The summed E-state index contributed by atoms with van der Waals surface area (Å²) in [5, 5.41) is 7.65. The first-order chi connectivity index (χ1) is 6.20. The first-order valence-corrected chi connectivity index (χ1v) is 3.93. The monoisotopic (exact) mass is 174 g/mol. The van der Waals surface area contributed by atoms with Gasteiger partial charge >= 0.3 is 0 Å². The molecule has 4 heteroatoms. The van der Waals surface area contributed by atoms with Gasteiger partial charge in [0.25, 0.3) is 0 Å². The Balaban J connectivity index is 2.86. The average Bonchev–Trinajstić information content (AvgIpc) is 2.53. The van der Waals surface area contributed by atoms with Gasteiger partial charge in [-0.15, -0.1) is 0 Å². The molecule has 0 radical (unpaired) electrons. The Morgan fingerprint density at radius 1 is 1.54 bits per heavy atom. The van der Waals surface area contributed by atoms with E-state index >= 15 is 0 Å². The standard InChI is InChI=1S/C9H10N4/c1-5(2)6-3-11-9(10)7-4-12-13-8(6)7/h3-4H,1H2,2H3,(H2,10,11)(H,12,13). The van der Waals surface area contributed by atoms with Crippen molar-refractivity contribution in [1.82, 2.24) is 15.2 Å². The maximum Gasteiger partial charge on any atom is 0.134 e. The van der Waals surface area contributed by atoms with Crippen LogP contribution in [0.3, 0.4) is 0 Å². The predicted octanol–water partition coefficient (Wildman–Crippen LogP) is 1.57. The van der Waals surface area contributed by atoms with Crippen molar-refractivity contribution < 1.29 is 0 Å². The van der Waals surface area contributed by atoms with Crippen LogP contribution in [0.1, 0.15) is 12.5 Å². The molecule has 0 fully saturated rings. The molecule has 0 aromatic carbocycles. The zero-order chi connectivity index (χ0) is 9.42. The summed E-state index contributed by atoms with van der Waals surface area (Å²) >= 11 is 0.